The summed E-state index contributed by atoms with van der Waals surface area (Å²) in [6, 6.07) is 21.3. The first-order chi connectivity index (χ1) is 17.8. The highest BCUT2D eigenvalue weighted by molar-refractivity contribution is 6.04. The van der Waals surface area contributed by atoms with Crippen LogP contribution in [0.5, 0.6) is 0 Å². The maximum Gasteiger partial charge on any atom is 0.416 e. The standard InChI is InChI=1S/C28H22F3N5O/c1-17-10-11-22(34-26(37)19-8-5-9-21(14-19)28(29,30)31)15-20(17)16-33-27-35-23-12-13-32-25(23)24(36-27)18-6-3-2-4-7-18/h2-15,32H,16H2,1H3,(H,34,37)(H,33,35,36). The summed E-state index contributed by atoms with van der Waals surface area (Å²) in [6.45, 7) is 2.31. The Kier molecular flexibility index (Phi) is 6.35. The zero-order valence-corrected chi connectivity index (χ0v) is 19.7. The van der Waals surface area contributed by atoms with Gasteiger partial charge in [0.05, 0.1) is 22.3 Å². The number of hydrogen-bond acceptors (Lipinski definition) is 4. The number of hydrogen-bond donors (Lipinski definition) is 3. The van der Waals surface area contributed by atoms with Crippen LogP contribution < -0.4 is 10.6 Å². The van der Waals surface area contributed by atoms with Crippen molar-refractivity contribution in [2.24, 2.45) is 0 Å². The van der Waals surface area contributed by atoms with E-state index >= 15 is 0 Å². The summed E-state index contributed by atoms with van der Waals surface area (Å²) in [5, 5.41) is 5.94. The summed E-state index contributed by atoms with van der Waals surface area (Å²) in [5.41, 5.74) is 4.71. The lowest BCUT2D eigenvalue weighted by Crippen LogP contribution is -2.14. The van der Waals surface area contributed by atoms with Gasteiger partial charge in [0, 0.05) is 29.6 Å². The Morgan fingerprint density at radius 2 is 1.76 bits per heavy atom. The van der Waals surface area contributed by atoms with E-state index in [1.165, 1.54) is 12.1 Å². The maximum atomic E-state index is 13.0. The molecule has 9 heteroatoms. The van der Waals surface area contributed by atoms with Crippen molar-refractivity contribution >= 4 is 28.6 Å². The van der Waals surface area contributed by atoms with E-state index in [9.17, 15) is 18.0 Å². The molecule has 1 amide bonds. The first-order valence-electron chi connectivity index (χ1n) is 11.5. The van der Waals surface area contributed by atoms with Gasteiger partial charge in [0.1, 0.15) is 0 Å². The number of amides is 1. The second-order valence-electron chi connectivity index (χ2n) is 8.53. The van der Waals surface area contributed by atoms with Crippen molar-refractivity contribution in [3.8, 4) is 11.3 Å². The fourth-order valence-electron chi connectivity index (χ4n) is 3.98. The summed E-state index contributed by atoms with van der Waals surface area (Å²) in [6.07, 6.45) is -2.71. The van der Waals surface area contributed by atoms with Crippen LogP contribution in [-0.2, 0) is 12.7 Å². The number of aromatic amines is 1. The van der Waals surface area contributed by atoms with E-state index < -0.39 is 17.6 Å². The quantitative estimate of drug-likeness (QED) is 0.239. The van der Waals surface area contributed by atoms with Crippen LogP contribution in [0, 0.1) is 6.92 Å². The Balaban J connectivity index is 1.35. The molecule has 2 aromatic heterocycles. The molecule has 5 aromatic rings. The minimum Gasteiger partial charge on any atom is -0.358 e. The van der Waals surface area contributed by atoms with Gasteiger partial charge < -0.3 is 15.6 Å². The van der Waals surface area contributed by atoms with E-state index in [-0.39, 0.29) is 5.56 Å². The summed E-state index contributed by atoms with van der Waals surface area (Å²) in [5.74, 6) is -0.175. The van der Waals surface area contributed by atoms with Gasteiger partial charge in [-0.3, -0.25) is 4.79 Å². The van der Waals surface area contributed by atoms with Gasteiger partial charge in [-0.1, -0.05) is 42.5 Å². The topological polar surface area (TPSA) is 82.7 Å². The Hall–Kier alpha value is -4.66. The third kappa shape index (κ3) is 5.30. The number of nitrogens with zero attached hydrogens (tertiary/aromatic N) is 2. The lowest BCUT2D eigenvalue weighted by molar-refractivity contribution is -0.137. The molecule has 3 N–H and O–H groups in total. The number of carbonyl (C=O) groups is 1. The zero-order chi connectivity index (χ0) is 26.0. The second-order valence-corrected chi connectivity index (χ2v) is 8.53. The first kappa shape index (κ1) is 24.1. The predicted octanol–water partition coefficient (Wildman–Crippen LogP) is 6.82. The molecule has 0 spiro atoms. The normalized spacial score (nSPS) is 11.5. The van der Waals surface area contributed by atoms with E-state index in [4.69, 9.17) is 4.98 Å². The third-order valence-electron chi connectivity index (χ3n) is 5.95. The van der Waals surface area contributed by atoms with E-state index in [1.54, 1.807) is 12.1 Å². The molecule has 3 aromatic carbocycles. The SMILES string of the molecule is Cc1ccc(NC(=O)c2cccc(C(F)(F)F)c2)cc1CNc1nc(-c2ccccc2)c2[nH]ccc2n1. The summed E-state index contributed by atoms with van der Waals surface area (Å²) >= 11 is 0. The van der Waals surface area contributed by atoms with Gasteiger partial charge in [-0.2, -0.15) is 13.2 Å². The van der Waals surface area contributed by atoms with Gasteiger partial charge in [0.2, 0.25) is 5.95 Å². The molecule has 37 heavy (non-hydrogen) atoms. The minimum atomic E-state index is -4.52. The molecule has 0 saturated heterocycles. The number of anilines is 2. The van der Waals surface area contributed by atoms with Crippen LogP contribution in [0.3, 0.4) is 0 Å². The number of carbonyl (C=O) groups excluding carboxylic acids is 1. The lowest BCUT2D eigenvalue weighted by Gasteiger charge is -2.13. The highest BCUT2D eigenvalue weighted by atomic mass is 19.4. The number of nitrogens with one attached hydrogen (secondary N) is 3. The number of fused-ring (bicyclic) bond motifs is 1. The predicted molar refractivity (Wildman–Crippen MR) is 137 cm³/mol. The molecule has 0 bridgehead atoms. The number of H-pyrrole nitrogens is 1. The van der Waals surface area contributed by atoms with Crippen molar-refractivity contribution in [3.63, 3.8) is 0 Å². The van der Waals surface area contributed by atoms with E-state index in [2.05, 4.69) is 20.6 Å². The molecule has 0 fully saturated rings. The number of aromatic nitrogens is 3. The highest BCUT2D eigenvalue weighted by Crippen LogP contribution is 2.30. The Bertz CT molecular complexity index is 1580. The number of benzene rings is 3. The molecule has 0 saturated carbocycles. The lowest BCUT2D eigenvalue weighted by atomic mass is 10.1. The fourth-order valence-corrected chi connectivity index (χ4v) is 3.98. The van der Waals surface area contributed by atoms with Crippen molar-refractivity contribution < 1.29 is 18.0 Å². The summed E-state index contributed by atoms with van der Waals surface area (Å²) in [4.78, 5) is 25.1. The second kappa shape index (κ2) is 9.77. The molecule has 0 aliphatic heterocycles. The van der Waals surface area contributed by atoms with Crippen LogP contribution in [0.2, 0.25) is 0 Å². The van der Waals surface area contributed by atoms with E-state index in [0.717, 1.165) is 45.6 Å². The van der Waals surface area contributed by atoms with Crippen molar-refractivity contribution in [1.82, 2.24) is 15.0 Å². The Morgan fingerprint density at radius 3 is 2.54 bits per heavy atom. The molecular formula is C28H22F3N5O. The van der Waals surface area contributed by atoms with Crippen LogP contribution in [0.25, 0.3) is 22.3 Å². The van der Waals surface area contributed by atoms with Gasteiger partial charge >= 0.3 is 6.18 Å². The largest absolute Gasteiger partial charge is 0.416 e. The average molecular weight is 502 g/mol. The van der Waals surface area contributed by atoms with Gasteiger partial charge in [-0.05, 0) is 54.4 Å². The molecule has 0 aliphatic rings. The molecule has 0 atom stereocenters. The zero-order valence-electron chi connectivity index (χ0n) is 19.7. The number of rotatable bonds is 6. The van der Waals surface area contributed by atoms with E-state index in [1.807, 2.05) is 55.6 Å². The molecule has 2 heterocycles. The van der Waals surface area contributed by atoms with Crippen LogP contribution in [0.1, 0.15) is 27.0 Å². The molecule has 0 aliphatic carbocycles. The monoisotopic (exact) mass is 501 g/mol. The van der Waals surface area contributed by atoms with E-state index in [0.29, 0.717) is 18.2 Å². The number of alkyl halides is 3. The first-order valence-corrected chi connectivity index (χ1v) is 11.5. The van der Waals surface area contributed by atoms with Gasteiger partial charge in [0.15, 0.2) is 0 Å². The summed E-state index contributed by atoms with van der Waals surface area (Å²) < 4.78 is 39.1. The fraction of sp³-hybridized carbons (Fsp3) is 0.107. The summed E-state index contributed by atoms with van der Waals surface area (Å²) in [7, 11) is 0. The van der Waals surface area contributed by atoms with Crippen molar-refractivity contribution in [2.75, 3.05) is 10.6 Å². The Labute approximate surface area is 210 Å². The van der Waals surface area contributed by atoms with Crippen LogP contribution in [0.15, 0.2) is 85.1 Å². The van der Waals surface area contributed by atoms with Crippen LogP contribution in [-0.4, -0.2) is 20.9 Å². The maximum absolute atomic E-state index is 13.0. The smallest absolute Gasteiger partial charge is 0.358 e. The minimum absolute atomic E-state index is 0.0725. The van der Waals surface area contributed by atoms with Gasteiger partial charge in [-0.25, -0.2) is 9.97 Å². The van der Waals surface area contributed by atoms with Crippen molar-refractivity contribution in [1.29, 1.82) is 0 Å². The number of halogens is 3. The third-order valence-corrected chi connectivity index (χ3v) is 5.95. The molecule has 0 unspecified atom stereocenters. The highest BCUT2D eigenvalue weighted by Gasteiger charge is 2.30. The van der Waals surface area contributed by atoms with Crippen molar-refractivity contribution in [2.45, 2.75) is 19.6 Å². The molecule has 5 rings (SSSR count). The molecular weight excluding hydrogens is 479 g/mol. The van der Waals surface area contributed by atoms with Crippen LogP contribution >= 0.6 is 0 Å². The number of aryl methyl sites for hydroxylation is 1. The molecule has 6 nitrogen and oxygen atoms in total. The molecule has 0 radical (unpaired) electrons. The molecule has 186 valence electrons. The van der Waals surface area contributed by atoms with Crippen LogP contribution in [0.4, 0.5) is 24.8 Å². The van der Waals surface area contributed by atoms with Gasteiger partial charge in [0.25, 0.3) is 5.91 Å². The van der Waals surface area contributed by atoms with Crippen molar-refractivity contribution in [3.05, 3.63) is 107 Å². The average Bonchev–Trinajstić information content (AvgIpc) is 3.37. The van der Waals surface area contributed by atoms with Gasteiger partial charge in [-0.15, -0.1) is 0 Å². The Morgan fingerprint density at radius 1 is 0.946 bits per heavy atom.